The molecule has 0 bridgehead atoms. The molecule has 1 heterocycles. The first kappa shape index (κ1) is 11.7. The minimum atomic E-state index is 0.221. The van der Waals surface area contributed by atoms with Crippen molar-refractivity contribution in [3.63, 3.8) is 0 Å². The van der Waals surface area contributed by atoms with Crippen LogP contribution in [0.4, 0.5) is 0 Å². The Labute approximate surface area is 104 Å². The van der Waals surface area contributed by atoms with E-state index in [-0.39, 0.29) is 6.04 Å². The maximum absolute atomic E-state index is 12.1. The predicted molar refractivity (Wildman–Crippen MR) is 66.0 cm³/mol. The van der Waals surface area contributed by atoms with Crippen molar-refractivity contribution in [2.45, 2.75) is 69.6 Å². The molecule has 0 aromatic heterocycles. The number of rotatable bonds is 1. The molecule has 0 spiro atoms. The number of fused-ring (bicyclic) bond motifs is 1. The summed E-state index contributed by atoms with van der Waals surface area (Å²) in [7, 11) is 0. The first-order chi connectivity index (χ1) is 8.36. The van der Waals surface area contributed by atoms with Crippen molar-refractivity contribution in [2.24, 2.45) is 0 Å². The van der Waals surface area contributed by atoms with Crippen molar-refractivity contribution in [1.82, 2.24) is 4.90 Å². The zero-order chi connectivity index (χ0) is 11.7. The number of carbonyl (C=O) groups is 1. The molecule has 3 nitrogen and oxygen atoms in total. The maximum atomic E-state index is 12.1. The van der Waals surface area contributed by atoms with E-state index in [1.54, 1.807) is 0 Å². The van der Waals surface area contributed by atoms with E-state index in [0.29, 0.717) is 17.9 Å². The topological polar surface area (TPSA) is 29.5 Å². The SMILES string of the molecule is O=C1CCCCC1N1CCOC2CCCCC21. The van der Waals surface area contributed by atoms with Gasteiger partial charge in [-0.05, 0) is 25.7 Å². The molecule has 96 valence electrons. The highest BCUT2D eigenvalue weighted by atomic mass is 16.5. The number of morpholine rings is 1. The van der Waals surface area contributed by atoms with Crippen molar-refractivity contribution in [1.29, 1.82) is 0 Å². The average Bonchev–Trinajstić information content (AvgIpc) is 2.39. The highest BCUT2D eigenvalue weighted by molar-refractivity contribution is 5.84. The molecule has 3 unspecified atom stereocenters. The number of hydrogen-bond donors (Lipinski definition) is 0. The van der Waals surface area contributed by atoms with Gasteiger partial charge in [0.15, 0.2) is 0 Å². The lowest BCUT2D eigenvalue weighted by Crippen LogP contribution is -2.58. The smallest absolute Gasteiger partial charge is 0.149 e. The van der Waals surface area contributed by atoms with E-state index < -0.39 is 0 Å². The Morgan fingerprint density at radius 2 is 1.88 bits per heavy atom. The summed E-state index contributed by atoms with van der Waals surface area (Å²) in [6.07, 6.45) is 9.67. The molecular weight excluding hydrogens is 214 g/mol. The van der Waals surface area contributed by atoms with E-state index in [2.05, 4.69) is 4.90 Å². The Morgan fingerprint density at radius 3 is 2.76 bits per heavy atom. The van der Waals surface area contributed by atoms with Crippen LogP contribution in [0.2, 0.25) is 0 Å². The van der Waals surface area contributed by atoms with Crippen molar-refractivity contribution < 1.29 is 9.53 Å². The Kier molecular flexibility index (Phi) is 3.48. The molecule has 3 atom stereocenters. The van der Waals surface area contributed by atoms with Crippen molar-refractivity contribution in [2.75, 3.05) is 13.2 Å². The van der Waals surface area contributed by atoms with Gasteiger partial charge >= 0.3 is 0 Å². The van der Waals surface area contributed by atoms with Gasteiger partial charge in [0.25, 0.3) is 0 Å². The highest BCUT2D eigenvalue weighted by Crippen LogP contribution is 2.32. The first-order valence-corrected chi connectivity index (χ1v) is 7.26. The van der Waals surface area contributed by atoms with Gasteiger partial charge in [0.2, 0.25) is 0 Å². The van der Waals surface area contributed by atoms with Gasteiger partial charge in [-0.15, -0.1) is 0 Å². The van der Waals surface area contributed by atoms with Gasteiger partial charge in [0.05, 0.1) is 18.8 Å². The zero-order valence-electron chi connectivity index (χ0n) is 10.6. The van der Waals surface area contributed by atoms with Crippen molar-refractivity contribution in [3.8, 4) is 0 Å². The van der Waals surface area contributed by atoms with Gasteiger partial charge in [0.1, 0.15) is 5.78 Å². The van der Waals surface area contributed by atoms with Gasteiger partial charge in [-0.2, -0.15) is 0 Å². The van der Waals surface area contributed by atoms with Crippen molar-refractivity contribution in [3.05, 3.63) is 0 Å². The van der Waals surface area contributed by atoms with E-state index in [4.69, 9.17) is 4.74 Å². The molecule has 0 N–H and O–H groups in total. The largest absolute Gasteiger partial charge is 0.375 e. The minimum Gasteiger partial charge on any atom is -0.375 e. The molecule has 2 saturated carbocycles. The number of ketones is 1. The molecule has 1 aliphatic heterocycles. The molecule has 17 heavy (non-hydrogen) atoms. The molecule has 0 radical (unpaired) electrons. The van der Waals surface area contributed by atoms with Crippen LogP contribution in [0, 0.1) is 0 Å². The van der Waals surface area contributed by atoms with E-state index in [9.17, 15) is 4.79 Å². The second kappa shape index (κ2) is 5.07. The fourth-order valence-corrected chi connectivity index (χ4v) is 3.83. The average molecular weight is 237 g/mol. The van der Waals surface area contributed by atoms with Crippen LogP contribution in [0.25, 0.3) is 0 Å². The first-order valence-electron chi connectivity index (χ1n) is 7.26. The van der Waals surface area contributed by atoms with E-state index >= 15 is 0 Å². The van der Waals surface area contributed by atoms with Crippen LogP contribution in [-0.4, -0.2) is 42.0 Å². The number of hydrogen-bond acceptors (Lipinski definition) is 3. The summed E-state index contributed by atoms with van der Waals surface area (Å²) in [5.41, 5.74) is 0. The molecule has 2 aliphatic carbocycles. The second-order valence-electron chi connectivity index (χ2n) is 5.73. The lowest BCUT2D eigenvalue weighted by molar-refractivity contribution is -0.139. The van der Waals surface area contributed by atoms with Crippen LogP contribution in [0.1, 0.15) is 51.4 Å². The standard InChI is InChI=1S/C14H23NO2/c16-13-7-3-1-5-11(13)15-9-10-17-14-8-4-2-6-12(14)15/h11-12,14H,1-10H2. The normalized spacial score (nSPS) is 40.0. The van der Waals surface area contributed by atoms with E-state index in [1.807, 2.05) is 0 Å². The third-order valence-corrected chi connectivity index (χ3v) is 4.70. The Hall–Kier alpha value is -0.410. The number of ether oxygens (including phenoxy) is 1. The molecule has 3 heteroatoms. The summed E-state index contributed by atoms with van der Waals surface area (Å²) in [4.78, 5) is 14.6. The molecule has 3 aliphatic rings. The van der Waals surface area contributed by atoms with Crippen LogP contribution in [0.3, 0.4) is 0 Å². The van der Waals surface area contributed by atoms with Crippen LogP contribution in [-0.2, 0) is 9.53 Å². The van der Waals surface area contributed by atoms with Crippen LogP contribution in [0.5, 0.6) is 0 Å². The fraction of sp³-hybridized carbons (Fsp3) is 0.929. The Balaban J connectivity index is 1.73. The number of carbonyl (C=O) groups excluding carboxylic acids is 1. The summed E-state index contributed by atoms with van der Waals surface area (Å²) in [5.74, 6) is 0.488. The van der Waals surface area contributed by atoms with Crippen LogP contribution in [0.15, 0.2) is 0 Å². The highest BCUT2D eigenvalue weighted by Gasteiger charge is 2.40. The molecule has 0 aromatic carbocycles. The number of Topliss-reactive ketones (excluding diaryl/α,β-unsaturated/α-hetero) is 1. The van der Waals surface area contributed by atoms with Crippen LogP contribution >= 0.6 is 0 Å². The van der Waals surface area contributed by atoms with E-state index in [1.165, 1.54) is 32.1 Å². The summed E-state index contributed by atoms with van der Waals surface area (Å²) < 4.78 is 5.89. The Bertz CT molecular complexity index is 290. The Morgan fingerprint density at radius 1 is 1.06 bits per heavy atom. The predicted octanol–water partition coefficient (Wildman–Crippen LogP) is 2.14. The minimum absolute atomic E-state index is 0.221. The summed E-state index contributed by atoms with van der Waals surface area (Å²) in [6.45, 7) is 1.79. The summed E-state index contributed by atoms with van der Waals surface area (Å²) >= 11 is 0. The molecule has 3 rings (SSSR count). The van der Waals surface area contributed by atoms with Gasteiger partial charge in [-0.25, -0.2) is 0 Å². The fourth-order valence-electron chi connectivity index (χ4n) is 3.83. The lowest BCUT2D eigenvalue weighted by Gasteiger charge is -2.47. The maximum Gasteiger partial charge on any atom is 0.149 e. The molecule has 1 saturated heterocycles. The van der Waals surface area contributed by atoms with Crippen molar-refractivity contribution >= 4 is 5.78 Å². The van der Waals surface area contributed by atoms with Gasteiger partial charge in [0, 0.05) is 19.0 Å². The quantitative estimate of drug-likeness (QED) is 0.700. The van der Waals surface area contributed by atoms with Gasteiger partial charge < -0.3 is 4.74 Å². The number of nitrogens with zero attached hydrogens (tertiary/aromatic N) is 1. The third kappa shape index (κ3) is 2.27. The monoisotopic (exact) mass is 237 g/mol. The summed E-state index contributed by atoms with van der Waals surface area (Å²) in [5, 5.41) is 0. The third-order valence-electron chi connectivity index (χ3n) is 4.70. The molecule has 0 aromatic rings. The molecule has 0 amide bonds. The lowest BCUT2D eigenvalue weighted by atomic mass is 9.85. The van der Waals surface area contributed by atoms with Gasteiger partial charge in [-0.1, -0.05) is 19.3 Å². The van der Waals surface area contributed by atoms with E-state index in [0.717, 1.165) is 32.4 Å². The van der Waals surface area contributed by atoms with Crippen LogP contribution < -0.4 is 0 Å². The van der Waals surface area contributed by atoms with Gasteiger partial charge in [-0.3, -0.25) is 9.69 Å². The molecular formula is C14H23NO2. The zero-order valence-corrected chi connectivity index (χ0v) is 10.6. The summed E-state index contributed by atoms with van der Waals surface area (Å²) in [6, 6.07) is 0.753. The molecule has 3 fully saturated rings. The second-order valence-corrected chi connectivity index (χ2v) is 5.73.